The second-order valence-electron chi connectivity index (χ2n) is 3.19. The first kappa shape index (κ1) is 13.5. The fraction of sp³-hybridized carbons (Fsp3) is 0.833. The molecule has 1 saturated heterocycles. The predicted octanol–water partition coefficient (Wildman–Crippen LogP) is -2.90. The Morgan fingerprint density at radius 1 is 1.44 bits per heavy atom. The van der Waals surface area contributed by atoms with Gasteiger partial charge in [-0.05, 0) is 0 Å². The second kappa shape index (κ2) is 4.76. The summed E-state index contributed by atoms with van der Waals surface area (Å²) in [6.07, 6.45) is -6.25. The molecule has 0 saturated carbocycles. The molecule has 1 aliphatic heterocycles. The number of ether oxygens (including phenoxy) is 1. The number of carbonyl (C=O) groups excluding carboxylic acids is 1. The van der Waals surface area contributed by atoms with Gasteiger partial charge < -0.3 is 29.8 Å². The van der Waals surface area contributed by atoms with Gasteiger partial charge in [0.1, 0.15) is 12.2 Å². The van der Waals surface area contributed by atoms with Crippen LogP contribution in [0.1, 0.15) is 0 Å². The maximum absolute atomic E-state index is 10.5. The Labute approximate surface area is 89.5 Å². The van der Waals surface area contributed by atoms with Gasteiger partial charge in [0, 0.05) is 0 Å². The standard InChI is InChI=1S/C6H11O9P/c7-2(1-14-16(11,12)13)3(8)5-4(9)6(10)15-5/h2-5,7-9H,1H2,(H2,11,12,13)/t2-,3-,4-,5+/m1/s1. The van der Waals surface area contributed by atoms with E-state index in [0.717, 1.165) is 0 Å². The van der Waals surface area contributed by atoms with Crippen LogP contribution in [0.4, 0.5) is 0 Å². The molecule has 10 heteroatoms. The van der Waals surface area contributed by atoms with Crippen LogP contribution >= 0.6 is 7.82 Å². The van der Waals surface area contributed by atoms with Crippen molar-refractivity contribution in [3.05, 3.63) is 0 Å². The lowest BCUT2D eigenvalue weighted by Gasteiger charge is -2.36. The van der Waals surface area contributed by atoms with Gasteiger partial charge in [-0.2, -0.15) is 0 Å². The van der Waals surface area contributed by atoms with Crippen molar-refractivity contribution in [3.63, 3.8) is 0 Å². The summed E-state index contributed by atoms with van der Waals surface area (Å²) in [6, 6.07) is 0. The largest absolute Gasteiger partial charge is 0.469 e. The van der Waals surface area contributed by atoms with Gasteiger partial charge >= 0.3 is 13.8 Å². The van der Waals surface area contributed by atoms with Gasteiger partial charge in [0.25, 0.3) is 0 Å². The summed E-state index contributed by atoms with van der Waals surface area (Å²) < 4.78 is 18.5. The molecule has 0 aromatic rings. The van der Waals surface area contributed by atoms with E-state index in [4.69, 9.17) is 14.9 Å². The van der Waals surface area contributed by atoms with Crippen LogP contribution in [0.25, 0.3) is 0 Å². The number of rotatable bonds is 5. The monoisotopic (exact) mass is 258 g/mol. The zero-order valence-electron chi connectivity index (χ0n) is 7.83. The number of hydrogen-bond acceptors (Lipinski definition) is 7. The number of cyclic esters (lactones) is 1. The Morgan fingerprint density at radius 2 is 2.00 bits per heavy atom. The summed E-state index contributed by atoms with van der Waals surface area (Å²) in [5.74, 6) is -0.938. The second-order valence-corrected chi connectivity index (χ2v) is 4.43. The summed E-state index contributed by atoms with van der Waals surface area (Å²) in [7, 11) is -4.75. The number of phosphoric acid groups is 1. The lowest BCUT2D eigenvalue weighted by molar-refractivity contribution is -0.221. The maximum Gasteiger partial charge on any atom is 0.469 e. The van der Waals surface area contributed by atoms with Crippen LogP contribution < -0.4 is 0 Å². The summed E-state index contributed by atoms with van der Waals surface area (Å²) in [4.78, 5) is 27.1. The number of esters is 1. The maximum atomic E-state index is 10.5. The quantitative estimate of drug-likeness (QED) is 0.258. The van der Waals surface area contributed by atoms with E-state index in [1.165, 1.54) is 0 Å². The summed E-state index contributed by atoms with van der Waals surface area (Å²) >= 11 is 0. The molecule has 0 spiro atoms. The third-order valence-corrected chi connectivity index (χ3v) is 2.43. The molecule has 1 rings (SSSR count). The highest BCUT2D eigenvalue weighted by molar-refractivity contribution is 7.46. The van der Waals surface area contributed by atoms with Crippen molar-refractivity contribution in [2.75, 3.05) is 6.61 Å². The van der Waals surface area contributed by atoms with Gasteiger partial charge in [-0.25, -0.2) is 9.36 Å². The van der Waals surface area contributed by atoms with Crippen LogP contribution in [0, 0.1) is 0 Å². The highest BCUT2D eigenvalue weighted by atomic mass is 31.2. The molecule has 0 aliphatic carbocycles. The van der Waals surface area contributed by atoms with E-state index in [9.17, 15) is 19.6 Å². The molecule has 0 aromatic heterocycles. The summed E-state index contributed by atoms with van der Waals surface area (Å²) in [5, 5.41) is 27.5. The Balaban J connectivity index is 2.40. The van der Waals surface area contributed by atoms with E-state index in [2.05, 4.69) is 9.26 Å². The Bertz CT molecular complexity index is 311. The van der Waals surface area contributed by atoms with E-state index in [0.29, 0.717) is 0 Å². The Morgan fingerprint density at radius 3 is 2.38 bits per heavy atom. The minimum atomic E-state index is -4.75. The molecule has 1 heterocycles. The smallest absolute Gasteiger partial charge is 0.454 e. The van der Waals surface area contributed by atoms with Crippen LogP contribution in [0.5, 0.6) is 0 Å². The number of hydrogen-bond donors (Lipinski definition) is 5. The van der Waals surface area contributed by atoms with Gasteiger partial charge in [0.05, 0.1) is 6.61 Å². The van der Waals surface area contributed by atoms with Gasteiger partial charge in [0.2, 0.25) is 0 Å². The van der Waals surface area contributed by atoms with Crippen LogP contribution in [0.2, 0.25) is 0 Å². The molecule has 0 radical (unpaired) electrons. The van der Waals surface area contributed by atoms with E-state index >= 15 is 0 Å². The number of carbonyl (C=O) groups is 1. The number of aliphatic hydroxyl groups is 3. The molecule has 94 valence electrons. The number of phosphoric ester groups is 1. The lowest BCUT2D eigenvalue weighted by Crippen LogP contribution is -2.59. The third kappa shape index (κ3) is 3.22. The van der Waals surface area contributed by atoms with E-state index in [1.54, 1.807) is 0 Å². The molecular weight excluding hydrogens is 247 g/mol. The first-order valence-electron chi connectivity index (χ1n) is 4.17. The van der Waals surface area contributed by atoms with Crippen LogP contribution in [0.15, 0.2) is 0 Å². The van der Waals surface area contributed by atoms with Crippen molar-refractivity contribution >= 4 is 13.8 Å². The first-order valence-corrected chi connectivity index (χ1v) is 5.70. The molecule has 4 atom stereocenters. The fourth-order valence-electron chi connectivity index (χ4n) is 1.08. The van der Waals surface area contributed by atoms with Gasteiger partial charge in [-0.15, -0.1) is 0 Å². The highest BCUT2D eigenvalue weighted by Crippen LogP contribution is 2.36. The zero-order valence-corrected chi connectivity index (χ0v) is 8.73. The van der Waals surface area contributed by atoms with E-state index < -0.39 is 44.8 Å². The number of aliphatic hydroxyl groups excluding tert-OH is 3. The Hall–Kier alpha value is -0.540. The molecule has 0 amide bonds. The average Bonchev–Trinajstić information content (AvgIpc) is 2.19. The van der Waals surface area contributed by atoms with E-state index in [-0.39, 0.29) is 0 Å². The molecule has 16 heavy (non-hydrogen) atoms. The van der Waals surface area contributed by atoms with Gasteiger partial charge in [0.15, 0.2) is 12.2 Å². The minimum absolute atomic E-state index is 0.855. The fourth-order valence-corrected chi connectivity index (χ4v) is 1.42. The molecule has 1 fully saturated rings. The molecular formula is C6H11O9P. The Kier molecular flexibility index (Phi) is 4.02. The van der Waals surface area contributed by atoms with Crippen molar-refractivity contribution < 1.29 is 43.7 Å². The van der Waals surface area contributed by atoms with E-state index in [1.807, 2.05) is 0 Å². The molecule has 0 aromatic carbocycles. The third-order valence-electron chi connectivity index (χ3n) is 1.95. The van der Waals surface area contributed by atoms with Crippen LogP contribution in [0.3, 0.4) is 0 Å². The summed E-state index contributed by atoms with van der Waals surface area (Å²) in [6.45, 7) is -0.855. The predicted molar refractivity (Wildman–Crippen MR) is 45.9 cm³/mol. The molecule has 9 nitrogen and oxygen atoms in total. The SMILES string of the molecule is O=C1O[C@@H]([C@H](O)[C@H](O)COP(=O)(O)O)[C@H]1O. The summed E-state index contributed by atoms with van der Waals surface area (Å²) in [5.41, 5.74) is 0. The van der Waals surface area contributed by atoms with Crippen molar-refractivity contribution in [2.45, 2.75) is 24.4 Å². The first-order chi connectivity index (χ1) is 7.22. The topological polar surface area (TPSA) is 154 Å². The highest BCUT2D eigenvalue weighted by Gasteiger charge is 2.48. The van der Waals surface area contributed by atoms with Crippen molar-refractivity contribution in [1.82, 2.24) is 0 Å². The van der Waals surface area contributed by atoms with Crippen molar-refractivity contribution in [1.29, 1.82) is 0 Å². The van der Waals surface area contributed by atoms with Crippen molar-refractivity contribution in [3.8, 4) is 0 Å². The normalized spacial score (nSPS) is 29.2. The zero-order chi connectivity index (χ0) is 12.5. The van der Waals surface area contributed by atoms with Gasteiger partial charge in [-0.3, -0.25) is 4.52 Å². The van der Waals surface area contributed by atoms with Crippen LogP contribution in [-0.4, -0.2) is 62.1 Å². The average molecular weight is 258 g/mol. The van der Waals surface area contributed by atoms with Gasteiger partial charge in [-0.1, -0.05) is 0 Å². The molecule has 0 bridgehead atoms. The lowest BCUT2D eigenvalue weighted by atomic mass is 9.99. The molecule has 1 aliphatic rings. The van der Waals surface area contributed by atoms with Crippen molar-refractivity contribution in [2.24, 2.45) is 0 Å². The van der Waals surface area contributed by atoms with Crippen LogP contribution in [-0.2, 0) is 18.6 Å². The minimum Gasteiger partial charge on any atom is -0.454 e. The molecule has 5 N–H and O–H groups in total. The molecule has 0 unspecified atom stereocenters.